The van der Waals surface area contributed by atoms with Crippen molar-refractivity contribution in [1.82, 2.24) is 5.32 Å². The van der Waals surface area contributed by atoms with Crippen molar-refractivity contribution >= 4 is 0 Å². The lowest BCUT2D eigenvalue weighted by molar-refractivity contribution is 0.121. The van der Waals surface area contributed by atoms with Crippen LogP contribution in [0.15, 0.2) is 24.3 Å². The van der Waals surface area contributed by atoms with Gasteiger partial charge in [-0.2, -0.15) is 0 Å². The number of aliphatic hydroxyl groups excluding tert-OH is 1. The Balaban J connectivity index is 2.75. The van der Waals surface area contributed by atoms with Crippen molar-refractivity contribution in [1.29, 1.82) is 0 Å². The van der Waals surface area contributed by atoms with Crippen LogP contribution < -0.4 is 5.32 Å². The monoisotopic (exact) mass is 263 g/mol. The van der Waals surface area contributed by atoms with Gasteiger partial charge in [0.15, 0.2) is 0 Å². The number of nitrogens with one attached hydrogen (secondary N) is 1. The zero-order valence-corrected chi connectivity index (χ0v) is 13.2. The fourth-order valence-corrected chi connectivity index (χ4v) is 2.31. The summed E-state index contributed by atoms with van der Waals surface area (Å²) in [6.07, 6.45) is 0.675. The maximum absolute atomic E-state index is 10.4. The molecule has 0 saturated carbocycles. The number of hydrogen-bond acceptors (Lipinski definition) is 2. The van der Waals surface area contributed by atoms with Crippen molar-refractivity contribution in [2.24, 2.45) is 0 Å². The van der Waals surface area contributed by atoms with E-state index in [2.05, 4.69) is 52.1 Å². The van der Waals surface area contributed by atoms with E-state index in [4.69, 9.17) is 0 Å². The highest BCUT2D eigenvalue weighted by atomic mass is 16.3. The van der Waals surface area contributed by atoms with E-state index in [-0.39, 0.29) is 11.6 Å². The summed E-state index contributed by atoms with van der Waals surface area (Å²) in [5.41, 5.74) is 2.34. The Labute approximate surface area is 118 Å². The van der Waals surface area contributed by atoms with Crippen molar-refractivity contribution in [3.05, 3.63) is 35.4 Å². The van der Waals surface area contributed by atoms with Gasteiger partial charge in [-0.1, -0.05) is 38.1 Å². The first-order valence-corrected chi connectivity index (χ1v) is 7.30. The summed E-state index contributed by atoms with van der Waals surface area (Å²) in [5.74, 6) is 0.580. The van der Waals surface area contributed by atoms with E-state index in [0.717, 1.165) is 12.0 Å². The molecule has 0 saturated heterocycles. The fourth-order valence-electron chi connectivity index (χ4n) is 2.31. The normalized spacial score (nSPS) is 17.0. The van der Waals surface area contributed by atoms with Crippen LogP contribution in [0.25, 0.3) is 0 Å². The summed E-state index contributed by atoms with van der Waals surface area (Å²) in [6, 6.07) is 8.40. The van der Waals surface area contributed by atoms with Gasteiger partial charge in [-0.3, -0.25) is 0 Å². The van der Waals surface area contributed by atoms with Gasteiger partial charge in [0.2, 0.25) is 0 Å². The molecule has 108 valence electrons. The molecular formula is C17H29NO. The number of aliphatic hydroxyl groups is 1. The van der Waals surface area contributed by atoms with Crippen LogP contribution in [0.1, 0.15) is 71.1 Å². The van der Waals surface area contributed by atoms with Gasteiger partial charge in [0.05, 0.1) is 6.10 Å². The second-order valence-electron chi connectivity index (χ2n) is 6.60. The van der Waals surface area contributed by atoms with Crippen LogP contribution in [-0.2, 0) is 0 Å². The van der Waals surface area contributed by atoms with Crippen molar-refractivity contribution < 1.29 is 5.11 Å². The van der Waals surface area contributed by atoms with E-state index < -0.39 is 6.10 Å². The summed E-state index contributed by atoms with van der Waals surface area (Å²) in [4.78, 5) is 0. The molecule has 0 aromatic heterocycles. The minimum atomic E-state index is -0.467. The molecule has 1 aromatic carbocycles. The molecule has 0 heterocycles. The second kappa shape index (κ2) is 6.53. The van der Waals surface area contributed by atoms with E-state index in [1.54, 1.807) is 0 Å². The van der Waals surface area contributed by atoms with Crippen LogP contribution in [0.2, 0.25) is 0 Å². The first-order chi connectivity index (χ1) is 8.74. The van der Waals surface area contributed by atoms with Crippen LogP contribution in [0.3, 0.4) is 0 Å². The Kier molecular flexibility index (Phi) is 5.57. The zero-order chi connectivity index (χ0) is 14.6. The lowest BCUT2D eigenvalue weighted by atomic mass is 9.94. The van der Waals surface area contributed by atoms with Gasteiger partial charge in [-0.05, 0) is 51.2 Å². The standard InChI is InChI=1S/C17H29NO/c1-7-12(2)14-8-10-15(11-9-14)16(19)13(3)18-17(4,5)6/h8-13,16,18-19H,7H2,1-6H3. The second-order valence-corrected chi connectivity index (χ2v) is 6.60. The average molecular weight is 263 g/mol. The first kappa shape index (κ1) is 16.2. The Bertz CT molecular complexity index is 377. The summed E-state index contributed by atoms with van der Waals surface area (Å²) < 4.78 is 0. The molecule has 0 spiro atoms. The molecule has 0 aliphatic carbocycles. The van der Waals surface area contributed by atoms with Crippen LogP contribution >= 0.6 is 0 Å². The minimum Gasteiger partial charge on any atom is -0.387 e. The topological polar surface area (TPSA) is 32.3 Å². The molecule has 2 nitrogen and oxygen atoms in total. The van der Waals surface area contributed by atoms with Crippen LogP contribution in [0.5, 0.6) is 0 Å². The van der Waals surface area contributed by atoms with Crippen molar-refractivity contribution in [2.75, 3.05) is 0 Å². The molecule has 3 atom stereocenters. The number of rotatable bonds is 5. The van der Waals surface area contributed by atoms with Gasteiger partial charge in [0, 0.05) is 11.6 Å². The van der Waals surface area contributed by atoms with Gasteiger partial charge >= 0.3 is 0 Å². The van der Waals surface area contributed by atoms with E-state index in [1.807, 2.05) is 19.1 Å². The Morgan fingerprint density at radius 3 is 1.95 bits per heavy atom. The van der Waals surface area contributed by atoms with Crippen LogP contribution in [0.4, 0.5) is 0 Å². The maximum Gasteiger partial charge on any atom is 0.0940 e. The predicted octanol–water partition coefficient (Wildman–Crippen LogP) is 4.01. The summed E-state index contributed by atoms with van der Waals surface area (Å²) in [6.45, 7) is 12.8. The van der Waals surface area contributed by atoms with Gasteiger partial charge in [-0.15, -0.1) is 0 Å². The maximum atomic E-state index is 10.4. The molecule has 0 amide bonds. The third-order valence-corrected chi connectivity index (χ3v) is 3.59. The van der Waals surface area contributed by atoms with Crippen molar-refractivity contribution in [3.63, 3.8) is 0 Å². The van der Waals surface area contributed by atoms with Gasteiger partial charge in [0.1, 0.15) is 0 Å². The molecule has 0 bridgehead atoms. The zero-order valence-electron chi connectivity index (χ0n) is 13.2. The highest BCUT2D eigenvalue weighted by Crippen LogP contribution is 2.23. The molecule has 2 heteroatoms. The van der Waals surface area contributed by atoms with Gasteiger partial charge in [-0.25, -0.2) is 0 Å². The lowest BCUT2D eigenvalue weighted by Crippen LogP contribution is -2.44. The average Bonchev–Trinajstić information content (AvgIpc) is 2.35. The smallest absolute Gasteiger partial charge is 0.0940 e. The highest BCUT2D eigenvalue weighted by molar-refractivity contribution is 5.27. The number of benzene rings is 1. The Morgan fingerprint density at radius 2 is 1.53 bits per heavy atom. The van der Waals surface area contributed by atoms with E-state index in [9.17, 15) is 5.11 Å². The van der Waals surface area contributed by atoms with E-state index in [0.29, 0.717) is 5.92 Å². The molecule has 0 radical (unpaired) electrons. The summed E-state index contributed by atoms with van der Waals surface area (Å²) >= 11 is 0. The molecule has 0 aliphatic heterocycles. The van der Waals surface area contributed by atoms with E-state index >= 15 is 0 Å². The van der Waals surface area contributed by atoms with E-state index in [1.165, 1.54) is 5.56 Å². The molecule has 1 aromatic rings. The first-order valence-electron chi connectivity index (χ1n) is 7.30. The van der Waals surface area contributed by atoms with Crippen LogP contribution in [-0.4, -0.2) is 16.7 Å². The molecule has 2 N–H and O–H groups in total. The molecule has 3 unspecified atom stereocenters. The predicted molar refractivity (Wildman–Crippen MR) is 82.5 cm³/mol. The largest absolute Gasteiger partial charge is 0.387 e. The van der Waals surface area contributed by atoms with Gasteiger partial charge < -0.3 is 10.4 Å². The van der Waals surface area contributed by atoms with Crippen LogP contribution in [0, 0.1) is 0 Å². The SMILES string of the molecule is CCC(C)c1ccc(C(O)C(C)NC(C)(C)C)cc1. The lowest BCUT2D eigenvalue weighted by Gasteiger charge is -2.29. The molecular weight excluding hydrogens is 234 g/mol. The molecule has 1 rings (SSSR count). The molecule has 0 aliphatic rings. The Morgan fingerprint density at radius 1 is 1.05 bits per heavy atom. The summed E-state index contributed by atoms with van der Waals surface area (Å²) in [7, 11) is 0. The van der Waals surface area contributed by atoms with Gasteiger partial charge in [0.25, 0.3) is 0 Å². The minimum absolute atomic E-state index is 0.0110. The van der Waals surface area contributed by atoms with Crippen molar-refractivity contribution in [3.8, 4) is 0 Å². The summed E-state index contributed by atoms with van der Waals surface area (Å²) in [5, 5.41) is 13.8. The third-order valence-electron chi connectivity index (χ3n) is 3.59. The Hall–Kier alpha value is -0.860. The molecule has 0 fully saturated rings. The third kappa shape index (κ3) is 4.96. The quantitative estimate of drug-likeness (QED) is 0.841. The number of hydrogen-bond donors (Lipinski definition) is 2. The highest BCUT2D eigenvalue weighted by Gasteiger charge is 2.21. The fraction of sp³-hybridized carbons (Fsp3) is 0.647. The molecule has 19 heavy (non-hydrogen) atoms. The van der Waals surface area contributed by atoms with Crippen molar-refractivity contribution in [2.45, 2.75) is 71.6 Å².